The third-order valence-electron chi connectivity index (χ3n) is 6.09. The fourth-order valence-corrected chi connectivity index (χ4v) is 5.90. The molecule has 1 fully saturated rings. The van der Waals surface area contributed by atoms with E-state index in [9.17, 15) is 13.2 Å². The molecule has 11 heteroatoms. The molecule has 176 valence electrons. The lowest BCUT2D eigenvalue weighted by Gasteiger charge is -2.37. The van der Waals surface area contributed by atoms with Crippen molar-refractivity contribution in [2.24, 2.45) is 0 Å². The molecule has 1 saturated heterocycles. The molecular weight excluding hydrogens is 472 g/mol. The number of para-hydroxylation sites is 1. The molecule has 0 radical (unpaired) electrons. The van der Waals surface area contributed by atoms with Crippen molar-refractivity contribution in [1.29, 1.82) is 0 Å². The van der Waals surface area contributed by atoms with Crippen LogP contribution in [0.15, 0.2) is 72.0 Å². The zero-order chi connectivity index (χ0) is 23.7. The normalized spacial score (nSPS) is 15.4. The first-order valence-electron chi connectivity index (χ1n) is 10.9. The molecule has 5 rings (SSSR count). The quantitative estimate of drug-likeness (QED) is 0.440. The first-order chi connectivity index (χ1) is 16.4. The fourth-order valence-electron chi connectivity index (χ4n) is 4.24. The summed E-state index contributed by atoms with van der Waals surface area (Å²) in [6, 6.07) is 16.6. The van der Waals surface area contributed by atoms with E-state index >= 15 is 0 Å². The Balaban J connectivity index is 1.21. The largest absolute Gasteiger partial charge is 0.368 e. The van der Waals surface area contributed by atoms with Crippen molar-refractivity contribution in [3.8, 4) is 0 Å². The number of nitrogens with zero attached hydrogens (tertiary/aromatic N) is 5. The van der Waals surface area contributed by atoms with Crippen LogP contribution in [-0.4, -0.2) is 59.3 Å². The molecule has 3 heterocycles. The van der Waals surface area contributed by atoms with Crippen LogP contribution in [0.3, 0.4) is 0 Å². The summed E-state index contributed by atoms with van der Waals surface area (Å²) < 4.78 is 33.3. The highest BCUT2D eigenvalue weighted by atomic mass is 32.2. The number of sulfonamides is 1. The van der Waals surface area contributed by atoms with E-state index in [2.05, 4.69) is 19.0 Å². The number of carbonyl (C=O) groups is 1. The smallest absolute Gasteiger partial charge is 0.263 e. The number of carbonyl (C=O) groups excluding carboxylic acids is 1. The Morgan fingerprint density at radius 3 is 2.47 bits per heavy atom. The molecule has 2 aromatic heterocycles. The first-order valence-corrected chi connectivity index (χ1v) is 13.2. The number of anilines is 2. The summed E-state index contributed by atoms with van der Waals surface area (Å²) in [5.74, 6) is 0.102. The van der Waals surface area contributed by atoms with E-state index < -0.39 is 10.0 Å². The molecule has 1 amide bonds. The minimum atomic E-state index is -3.71. The molecular formula is C23H24N6O3S2. The zero-order valence-electron chi connectivity index (χ0n) is 18.5. The van der Waals surface area contributed by atoms with Crippen LogP contribution in [0.5, 0.6) is 0 Å². The molecule has 0 bridgehead atoms. The van der Waals surface area contributed by atoms with Gasteiger partial charge in [0.05, 0.1) is 4.90 Å². The molecule has 0 spiro atoms. The van der Waals surface area contributed by atoms with Gasteiger partial charge in [0.25, 0.3) is 10.0 Å². The topological polar surface area (TPSA) is 100 Å². The van der Waals surface area contributed by atoms with Gasteiger partial charge in [0.15, 0.2) is 0 Å². The van der Waals surface area contributed by atoms with Gasteiger partial charge in [-0.05, 0) is 48.7 Å². The second-order valence-electron chi connectivity index (χ2n) is 8.12. The number of piperazine rings is 1. The molecule has 4 aromatic rings. The second-order valence-corrected chi connectivity index (χ2v) is 10.6. The van der Waals surface area contributed by atoms with Crippen molar-refractivity contribution in [3.05, 3.63) is 67.1 Å². The van der Waals surface area contributed by atoms with Crippen LogP contribution in [0.4, 0.5) is 10.8 Å². The summed E-state index contributed by atoms with van der Waals surface area (Å²) in [6.45, 7) is 4.53. The Bertz CT molecular complexity index is 1390. The van der Waals surface area contributed by atoms with Gasteiger partial charge in [-0.1, -0.05) is 18.2 Å². The lowest BCUT2D eigenvalue weighted by molar-refractivity contribution is -0.134. The molecule has 0 aliphatic carbocycles. The van der Waals surface area contributed by atoms with Crippen LogP contribution in [0.1, 0.15) is 13.0 Å². The standard InChI is InChI=1S/C23H24N6O3S2/c1-17(29-11-10-18-4-2-3-5-21(18)29)22(30)28-14-12-27(13-15-28)19-6-8-20(9-7-19)34(31,32)26-23-24-16-25-33-23/h2-11,16-17H,12-15H2,1H3,(H,24,25,26)/t17-/m0/s1. The van der Waals surface area contributed by atoms with Crippen molar-refractivity contribution < 1.29 is 13.2 Å². The van der Waals surface area contributed by atoms with E-state index in [4.69, 9.17) is 0 Å². The van der Waals surface area contributed by atoms with Gasteiger partial charge in [0.1, 0.15) is 12.4 Å². The number of rotatable bonds is 6. The Morgan fingerprint density at radius 2 is 1.76 bits per heavy atom. The molecule has 2 aromatic carbocycles. The van der Waals surface area contributed by atoms with Crippen molar-refractivity contribution in [2.45, 2.75) is 17.9 Å². The minimum absolute atomic E-state index is 0.102. The van der Waals surface area contributed by atoms with Gasteiger partial charge in [-0.2, -0.15) is 4.37 Å². The fraction of sp³-hybridized carbons (Fsp3) is 0.261. The second kappa shape index (κ2) is 9.07. The number of hydrogen-bond donors (Lipinski definition) is 1. The van der Waals surface area contributed by atoms with Crippen molar-refractivity contribution >= 4 is 49.2 Å². The molecule has 1 aliphatic heterocycles. The summed E-state index contributed by atoms with van der Waals surface area (Å²) in [6.07, 6.45) is 3.27. The van der Waals surface area contributed by atoms with E-state index in [1.165, 1.54) is 6.33 Å². The highest BCUT2D eigenvalue weighted by Crippen LogP contribution is 2.24. The number of hydrogen-bond acceptors (Lipinski definition) is 7. The molecule has 0 saturated carbocycles. The number of amides is 1. The Labute approximate surface area is 201 Å². The number of benzene rings is 2. The molecule has 1 N–H and O–H groups in total. The lowest BCUT2D eigenvalue weighted by atomic mass is 10.2. The van der Waals surface area contributed by atoms with E-state index in [0.717, 1.165) is 28.1 Å². The van der Waals surface area contributed by atoms with E-state index in [-0.39, 0.29) is 22.0 Å². The number of aromatic nitrogens is 3. The maximum Gasteiger partial charge on any atom is 0.263 e. The van der Waals surface area contributed by atoms with Crippen LogP contribution < -0.4 is 9.62 Å². The number of nitrogens with one attached hydrogen (secondary N) is 1. The van der Waals surface area contributed by atoms with Crippen LogP contribution in [0, 0.1) is 0 Å². The summed E-state index contributed by atoms with van der Waals surface area (Å²) in [5, 5.41) is 1.35. The maximum atomic E-state index is 13.2. The van der Waals surface area contributed by atoms with Gasteiger partial charge >= 0.3 is 0 Å². The van der Waals surface area contributed by atoms with Gasteiger partial charge in [-0.25, -0.2) is 13.4 Å². The lowest BCUT2D eigenvalue weighted by Crippen LogP contribution is -2.50. The predicted molar refractivity (Wildman–Crippen MR) is 133 cm³/mol. The van der Waals surface area contributed by atoms with Gasteiger partial charge < -0.3 is 14.4 Å². The van der Waals surface area contributed by atoms with Crippen molar-refractivity contribution in [1.82, 2.24) is 18.8 Å². The average molecular weight is 497 g/mol. The monoisotopic (exact) mass is 496 g/mol. The summed E-state index contributed by atoms with van der Waals surface area (Å²) >= 11 is 0.981. The van der Waals surface area contributed by atoms with E-state index in [1.54, 1.807) is 24.3 Å². The Kier molecular flexibility index (Phi) is 5.96. The molecule has 1 atom stereocenters. The summed E-state index contributed by atoms with van der Waals surface area (Å²) in [7, 11) is -3.71. The minimum Gasteiger partial charge on any atom is -0.368 e. The Hall–Kier alpha value is -3.44. The average Bonchev–Trinajstić information content (AvgIpc) is 3.53. The van der Waals surface area contributed by atoms with Crippen LogP contribution >= 0.6 is 11.5 Å². The van der Waals surface area contributed by atoms with Crippen LogP contribution in [0.25, 0.3) is 10.9 Å². The van der Waals surface area contributed by atoms with Crippen LogP contribution in [-0.2, 0) is 14.8 Å². The zero-order valence-corrected chi connectivity index (χ0v) is 20.2. The maximum absolute atomic E-state index is 13.2. The SMILES string of the molecule is C[C@@H](C(=O)N1CCN(c2ccc(S(=O)(=O)Nc3ncns3)cc2)CC1)n1ccc2ccccc21. The Morgan fingerprint density at radius 1 is 1.03 bits per heavy atom. The van der Waals surface area contributed by atoms with Crippen LogP contribution in [0.2, 0.25) is 0 Å². The molecule has 9 nitrogen and oxygen atoms in total. The summed E-state index contributed by atoms with van der Waals surface area (Å²) in [5.41, 5.74) is 1.98. The van der Waals surface area contributed by atoms with Gasteiger partial charge in [0.2, 0.25) is 11.0 Å². The third kappa shape index (κ3) is 4.36. The predicted octanol–water partition coefficient (Wildman–Crippen LogP) is 3.20. The van der Waals surface area contributed by atoms with Gasteiger partial charge in [0, 0.05) is 55.1 Å². The molecule has 1 aliphatic rings. The van der Waals surface area contributed by atoms with Gasteiger partial charge in [-0.15, -0.1) is 0 Å². The van der Waals surface area contributed by atoms with Crippen molar-refractivity contribution in [3.63, 3.8) is 0 Å². The van der Waals surface area contributed by atoms with Gasteiger partial charge in [-0.3, -0.25) is 9.52 Å². The van der Waals surface area contributed by atoms with Crippen molar-refractivity contribution in [2.75, 3.05) is 35.8 Å². The molecule has 0 unspecified atom stereocenters. The highest BCUT2D eigenvalue weighted by Gasteiger charge is 2.26. The number of fused-ring (bicyclic) bond motifs is 1. The van der Waals surface area contributed by atoms with E-state index in [1.807, 2.05) is 52.9 Å². The highest BCUT2D eigenvalue weighted by molar-refractivity contribution is 7.93. The summed E-state index contributed by atoms with van der Waals surface area (Å²) in [4.78, 5) is 21.3. The first kappa shape index (κ1) is 22.4. The molecule has 34 heavy (non-hydrogen) atoms. The third-order valence-corrected chi connectivity index (χ3v) is 8.15. The van der Waals surface area contributed by atoms with E-state index in [0.29, 0.717) is 26.2 Å².